The lowest BCUT2D eigenvalue weighted by Crippen LogP contribution is -1.95. The van der Waals surface area contributed by atoms with E-state index >= 15 is 0 Å². The molecule has 0 unspecified atom stereocenters. The summed E-state index contributed by atoms with van der Waals surface area (Å²) in [6.07, 6.45) is 3.40. The van der Waals surface area contributed by atoms with Crippen molar-refractivity contribution in [1.82, 2.24) is 0 Å². The predicted octanol–water partition coefficient (Wildman–Crippen LogP) is 2.83. The summed E-state index contributed by atoms with van der Waals surface area (Å²) in [7, 11) is 0. The minimum Gasteiger partial charge on any atom is -0.472 e. The lowest BCUT2D eigenvalue weighted by atomic mass is 10.1. The molecule has 2 aromatic rings. The fourth-order valence-electron chi connectivity index (χ4n) is 1.31. The molecule has 0 spiro atoms. The van der Waals surface area contributed by atoms with Crippen molar-refractivity contribution in [3.63, 3.8) is 0 Å². The molecule has 3 heteroatoms. The summed E-state index contributed by atoms with van der Waals surface area (Å²) in [5.74, 6) is 0. The van der Waals surface area contributed by atoms with Gasteiger partial charge in [-0.15, -0.1) is 12.4 Å². The Morgan fingerprint density at radius 2 is 2.00 bits per heavy atom. The number of rotatable bonds is 2. The molecule has 0 atom stereocenters. The van der Waals surface area contributed by atoms with E-state index in [9.17, 15) is 0 Å². The lowest BCUT2D eigenvalue weighted by Gasteiger charge is -1.99. The van der Waals surface area contributed by atoms with Gasteiger partial charge in [0.2, 0.25) is 0 Å². The van der Waals surface area contributed by atoms with E-state index in [1.165, 1.54) is 0 Å². The Balaban J connectivity index is 0.000000980. The first-order chi connectivity index (χ1) is 6.40. The van der Waals surface area contributed by atoms with Gasteiger partial charge in [-0.25, -0.2) is 0 Å². The van der Waals surface area contributed by atoms with Crippen LogP contribution in [0.3, 0.4) is 0 Å². The van der Waals surface area contributed by atoms with Gasteiger partial charge in [0.15, 0.2) is 0 Å². The monoisotopic (exact) mass is 209 g/mol. The molecule has 1 heterocycles. The molecule has 2 nitrogen and oxygen atoms in total. The van der Waals surface area contributed by atoms with E-state index in [4.69, 9.17) is 10.2 Å². The van der Waals surface area contributed by atoms with Crippen molar-refractivity contribution in [3.8, 4) is 11.1 Å². The smallest absolute Gasteiger partial charge is 0.0980 e. The van der Waals surface area contributed by atoms with Gasteiger partial charge in [-0.2, -0.15) is 0 Å². The van der Waals surface area contributed by atoms with E-state index in [-0.39, 0.29) is 12.4 Å². The Morgan fingerprint density at radius 3 is 2.64 bits per heavy atom. The van der Waals surface area contributed by atoms with E-state index in [2.05, 4.69) is 6.07 Å². The highest BCUT2D eigenvalue weighted by Gasteiger charge is 1.98. The van der Waals surface area contributed by atoms with Crippen LogP contribution in [0, 0.1) is 0 Å². The summed E-state index contributed by atoms with van der Waals surface area (Å²) in [4.78, 5) is 0. The number of furan rings is 1. The van der Waals surface area contributed by atoms with Gasteiger partial charge < -0.3 is 10.2 Å². The minimum absolute atomic E-state index is 0. The van der Waals surface area contributed by atoms with Crippen molar-refractivity contribution in [2.24, 2.45) is 5.73 Å². The van der Waals surface area contributed by atoms with E-state index in [1.54, 1.807) is 12.5 Å². The zero-order chi connectivity index (χ0) is 9.10. The van der Waals surface area contributed by atoms with Crippen LogP contribution < -0.4 is 5.73 Å². The van der Waals surface area contributed by atoms with Crippen LogP contribution >= 0.6 is 12.4 Å². The third kappa shape index (κ3) is 2.16. The molecule has 2 rings (SSSR count). The molecule has 0 radical (unpaired) electrons. The molecule has 14 heavy (non-hydrogen) atoms. The van der Waals surface area contributed by atoms with Gasteiger partial charge in [-0.1, -0.05) is 18.2 Å². The molecular formula is C11H12ClNO. The van der Waals surface area contributed by atoms with Gasteiger partial charge in [-0.3, -0.25) is 0 Å². The molecule has 1 aromatic heterocycles. The van der Waals surface area contributed by atoms with Gasteiger partial charge in [-0.05, 0) is 23.3 Å². The largest absolute Gasteiger partial charge is 0.472 e. The summed E-state index contributed by atoms with van der Waals surface area (Å²) >= 11 is 0. The third-order valence-corrected chi connectivity index (χ3v) is 2.02. The van der Waals surface area contributed by atoms with Crippen molar-refractivity contribution in [2.45, 2.75) is 6.54 Å². The average molecular weight is 210 g/mol. The van der Waals surface area contributed by atoms with Crippen LogP contribution in [-0.4, -0.2) is 0 Å². The fourth-order valence-corrected chi connectivity index (χ4v) is 1.31. The summed E-state index contributed by atoms with van der Waals surface area (Å²) in [6.45, 7) is 0.575. The second kappa shape index (κ2) is 4.84. The van der Waals surface area contributed by atoms with Crippen molar-refractivity contribution < 1.29 is 4.42 Å². The van der Waals surface area contributed by atoms with E-state index < -0.39 is 0 Å². The molecule has 0 bridgehead atoms. The second-order valence-corrected chi connectivity index (χ2v) is 2.92. The van der Waals surface area contributed by atoms with Crippen LogP contribution in [0.15, 0.2) is 47.3 Å². The summed E-state index contributed by atoms with van der Waals surface area (Å²) in [5.41, 5.74) is 8.93. The number of hydrogen-bond acceptors (Lipinski definition) is 2. The number of hydrogen-bond donors (Lipinski definition) is 1. The van der Waals surface area contributed by atoms with Gasteiger partial charge in [0.05, 0.1) is 12.5 Å². The third-order valence-electron chi connectivity index (χ3n) is 2.02. The molecule has 1 aromatic carbocycles. The Hall–Kier alpha value is -1.25. The highest BCUT2D eigenvalue weighted by atomic mass is 35.5. The molecule has 0 saturated heterocycles. The zero-order valence-corrected chi connectivity index (χ0v) is 8.46. The molecule has 0 aliphatic heterocycles. The first-order valence-electron chi connectivity index (χ1n) is 4.22. The van der Waals surface area contributed by atoms with Crippen molar-refractivity contribution in [2.75, 3.05) is 0 Å². The van der Waals surface area contributed by atoms with Crippen LogP contribution in [0.5, 0.6) is 0 Å². The highest BCUT2D eigenvalue weighted by Crippen LogP contribution is 2.20. The Labute approximate surface area is 89.1 Å². The molecular weight excluding hydrogens is 198 g/mol. The second-order valence-electron chi connectivity index (χ2n) is 2.92. The maximum Gasteiger partial charge on any atom is 0.0980 e. The fraction of sp³-hybridized carbons (Fsp3) is 0.0909. The zero-order valence-electron chi connectivity index (χ0n) is 7.64. The SMILES string of the molecule is Cl.NCc1cccc(-c2ccoc2)c1. The van der Waals surface area contributed by atoms with Gasteiger partial charge in [0.25, 0.3) is 0 Å². The molecule has 0 fully saturated rings. The van der Waals surface area contributed by atoms with Crippen molar-refractivity contribution >= 4 is 12.4 Å². The number of halogens is 1. The number of nitrogens with two attached hydrogens (primary N) is 1. The molecule has 74 valence electrons. The molecule has 0 saturated carbocycles. The molecule has 0 aliphatic carbocycles. The van der Waals surface area contributed by atoms with E-state index in [1.807, 2.05) is 24.3 Å². The van der Waals surface area contributed by atoms with E-state index in [0.717, 1.165) is 16.7 Å². The van der Waals surface area contributed by atoms with Gasteiger partial charge in [0, 0.05) is 12.1 Å². The standard InChI is InChI=1S/C11H11NO.ClH/c12-7-9-2-1-3-10(6-9)11-4-5-13-8-11;/h1-6,8H,7,12H2;1H. The number of benzene rings is 1. The maximum absolute atomic E-state index is 5.55. The first-order valence-corrected chi connectivity index (χ1v) is 4.22. The normalized spacial score (nSPS) is 9.50. The summed E-state index contributed by atoms with van der Waals surface area (Å²) in [6, 6.07) is 10.1. The lowest BCUT2D eigenvalue weighted by molar-refractivity contribution is 0.568. The Bertz CT molecular complexity index is 384. The summed E-state index contributed by atoms with van der Waals surface area (Å²) in [5, 5.41) is 0. The average Bonchev–Trinajstić information content (AvgIpc) is 2.71. The molecule has 0 aliphatic rings. The topological polar surface area (TPSA) is 39.2 Å². The van der Waals surface area contributed by atoms with E-state index in [0.29, 0.717) is 6.54 Å². The quantitative estimate of drug-likeness (QED) is 0.826. The Morgan fingerprint density at radius 1 is 1.14 bits per heavy atom. The van der Waals surface area contributed by atoms with Crippen LogP contribution in [0.25, 0.3) is 11.1 Å². The first kappa shape index (κ1) is 10.8. The van der Waals surface area contributed by atoms with Crippen LogP contribution in [0.4, 0.5) is 0 Å². The van der Waals surface area contributed by atoms with Gasteiger partial charge in [0.1, 0.15) is 0 Å². The Kier molecular flexibility index (Phi) is 3.74. The predicted molar refractivity (Wildman–Crippen MR) is 59.3 cm³/mol. The van der Waals surface area contributed by atoms with Crippen molar-refractivity contribution in [1.29, 1.82) is 0 Å². The summed E-state index contributed by atoms with van der Waals surface area (Å²) < 4.78 is 5.01. The maximum atomic E-state index is 5.55. The highest BCUT2D eigenvalue weighted by molar-refractivity contribution is 5.85. The van der Waals surface area contributed by atoms with Crippen molar-refractivity contribution in [3.05, 3.63) is 48.4 Å². The molecule has 0 amide bonds. The molecule has 2 N–H and O–H groups in total. The van der Waals surface area contributed by atoms with Gasteiger partial charge >= 0.3 is 0 Å². The minimum atomic E-state index is 0. The van der Waals surface area contributed by atoms with Crippen LogP contribution in [0.1, 0.15) is 5.56 Å². The van der Waals surface area contributed by atoms with Crippen LogP contribution in [0.2, 0.25) is 0 Å². The van der Waals surface area contributed by atoms with Crippen LogP contribution in [-0.2, 0) is 6.54 Å².